The van der Waals surface area contributed by atoms with Gasteiger partial charge in [0.2, 0.25) is 0 Å². The van der Waals surface area contributed by atoms with Gasteiger partial charge >= 0.3 is 0 Å². The second-order valence-corrected chi connectivity index (χ2v) is 5.24. The Morgan fingerprint density at radius 2 is 1.94 bits per heavy atom. The molecule has 0 saturated carbocycles. The van der Waals surface area contributed by atoms with E-state index in [0.29, 0.717) is 6.54 Å². The molecule has 94 valence electrons. The molecule has 1 aromatic carbocycles. The van der Waals surface area contributed by atoms with E-state index in [1.54, 1.807) is 0 Å². The zero-order chi connectivity index (χ0) is 13.1. The molecule has 0 atom stereocenters. The average Bonchev–Trinajstić information content (AvgIpc) is 2.20. The minimum Gasteiger partial charge on any atom is -0.504 e. The molecule has 0 aliphatic rings. The molecule has 1 aromatic rings. The molecular weight excluding hydrogens is 218 g/mol. The molecule has 0 aliphatic heterocycles. The van der Waals surface area contributed by atoms with Crippen LogP contribution in [0.4, 0.5) is 0 Å². The Morgan fingerprint density at radius 1 is 1.29 bits per heavy atom. The van der Waals surface area contributed by atoms with Crippen LogP contribution >= 0.6 is 0 Å². The van der Waals surface area contributed by atoms with Gasteiger partial charge in [-0.05, 0) is 24.0 Å². The van der Waals surface area contributed by atoms with Crippen LogP contribution in [0.5, 0.6) is 11.5 Å². The maximum Gasteiger partial charge on any atom is 0.255 e. The first kappa shape index (κ1) is 13.4. The van der Waals surface area contributed by atoms with E-state index >= 15 is 0 Å². The number of aromatic hydroxyl groups is 2. The van der Waals surface area contributed by atoms with E-state index in [1.807, 2.05) is 0 Å². The fraction of sp³-hybridized carbons (Fsp3) is 0.462. The van der Waals surface area contributed by atoms with Gasteiger partial charge in [0.05, 0.1) is 5.56 Å². The summed E-state index contributed by atoms with van der Waals surface area (Å²) in [7, 11) is 0. The van der Waals surface area contributed by atoms with Crippen LogP contribution in [0.2, 0.25) is 0 Å². The Balaban J connectivity index is 2.62. The Kier molecular flexibility index (Phi) is 3.99. The summed E-state index contributed by atoms with van der Waals surface area (Å²) in [4.78, 5) is 11.7. The van der Waals surface area contributed by atoms with Gasteiger partial charge < -0.3 is 15.5 Å². The smallest absolute Gasteiger partial charge is 0.255 e. The van der Waals surface area contributed by atoms with Crippen LogP contribution in [-0.2, 0) is 0 Å². The molecule has 1 rings (SSSR count). The maximum atomic E-state index is 11.7. The van der Waals surface area contributed by atoms with Gasteiger partial charge in [0, 0.05) is 6.54 Å². The van der Waals surface area contributed by atoms with Gasteiger partial charge in [-0.15, -0.1) is 0 Å². The molecule has 4 nitrogen and oxygen atoms in total. The highest BCUT2D eigenvalue weighted by Crippen LogP contribution is 2.28. The van der Waals surface area contributed by atoms with Crippen molar-refractivity contribution < 1.29 is 15.0 Å². The highest BCUT2D eigenvalue weighted by atomic mass is 16.3. The third-order valence-electron chi connectivity index (χ3n) is 2.42. The largest absolute Gasteiger partial charge is 0.504 e. The highest BCUT2D eigenvalue weighted by molar-refractivity contribution is 5.97. The van der Waals surface area contributed by atoms with Gasteiger partial charge in [0.15, 0.2) is 11.5 Å². The summed E-state index contributed by atoms with van der Waals surface area (Å²) in [6.45, 7) is 6.80. The van der Waals surface area contributed by atoms with Crippen LogP contribution in [0.3, 0.4) is 0 Å². The SMILES string of the molecule is CC(C)(C)CCNC(=O)c1cccc(O)c1O. The lowest BCUT2D eigenvalue weighted by Crippen LogP contribution is -2.27. The summed E-state index contributed by atoms with van der Waals surface area (Å²) < 4.78 is 0. The van der Waals surface area contributed by atoms with Crippen molar-refractivity contribution in [1.29, 1.82) is 0 Å². The molecule has 0 aliphatic carbocycles. The third-order valence-corrected chi connectivity index (χ3v) is 2.42. The van der Waals surface area contributed by atoms with Crippen LogP contribution in [0.1, 0.15) is 37.6 Å². The third kappa shape index (κ3) is 3.98. The second kappa shape index (κ2) is 5.08. The van der Waals surface area contributed by atoms with Crippen LogP contribution < -0.4 is 5.32 Å². The fourth-order valence-electron chi connectivity index (χ4n) is 1.36. The lowest BCUT2D eigenvalue weighted by Gasteiger charge is -2.18. The summed E-state index contributed by atoms with van der Waals surface area (Å²) in [6, 6.07) is 4.33. The van der Waals surface area contributed by atoms with Crippen molar-refractivity contribution in [2.45, 2.75) is 27.2 Å². The molecular formula is C13H19NO3. The van der Waals surface area contributed by atoms with Crippen LogP contribution in [0.25, 0.3) is 0 Å². The van der Waals surface area contributed by atoms with E-state index in [9.17, 15) is 15.0 Å². The number of hydrogen-bond acceptors (Lipinski definition) is 3. The van der Waals surface area contributed by atoms with Gasteiger partial charge in [0.1, 0.15) is 0 Å². The Hall–Kier alpha value is -1.71. The number of phenolic OH excluding ortho intramolecular Hbond substituents is 2. The van der Waals surface area contributed by atoms with Crippen molar-refractivity contribution in [2.75, 3.05) is 6.54 Å². The van der Waals surface area contributed by atoms with Gasteiger partial charge in [-0.1, -0.05) is 26.8 Å². The van der Waals surface area contributed by atoms with Gasteiger partial charge in [-0.2, -0.15) is 0 Å². The second-order valence-electron chi connectivity index (χ2n) is 5.24. The molecule has 3 N–H and O–H groups in total. The number of nitrogens with one attached hydrogen (secondary N) is 1. The number of carbonyl (C=O) groups is 1. The summed E-state index contributed by atoms with van der Waals surface area (Å²) in [5.41, 5.74) is 0.243. The number of carbonyl (C=O) groups excluding carboxylic acids is 1. The molecule has 0 aromatic heterocycles. The fourth-order valence-corrected chi connectivity index (χ4v) is 1.36. The van der Waals surface area contributed by atoms with E-state index in [-0.39, 0.29) is 28.4 Å². The van der Waals surface area contributed by atoms with E-state index in [2.05, 4.69) is 26.1 Å². The Labute approximate surface area is 101 Å². The number of phenols is 2. The predicted molar refractivity (Wildman–Crippen MR) is 66.2 cm³/mol. The Morgan fingerprint density at radius 3 is 2.53 bits per heavy atom. The molecule has 0 heterocycles. The predicted octanol–water partition coefficient (Wildman–Crippen LogP) is 2.26. The molecule has 17 heavy (non-hydrogen) atoms. The number of benzene rings is 1. The molecule has 0 unspecified atom stereocenters. The van der Waals surface area contributed by atoms with Gasteiger partial charge in [0.25, 0.3) is 5.91 Å². The van der Waals surface area contributed by atoms with Crippen molar-refractivity contribution in [3.63, 3.8) is 0 Å². The number of rotatable bonds is 3. The molecule has 0 bridgehead atoms. The monoisotopic (exact) mass is 237 g/mol. The summed E-state index contributed by atoms with van der Waals surface area (Å²) in [5.74, 6) is -1.03. The van der Waals surface area contributed by atoms with Crippen molar-refractivity contribution in [3.05, 3.63) is 23.8 Å². The van der Waals surface area contributed by atoms with Crippen LogP contribution in [0, 0.1) is 5.41 Å². The lowest BCUT2D eigenvalue weighted by atomic mass is 9.92. The van der Waals surface area contributed by atoms with Crippen LogP contribution in [0.15, 0.2) is 18.2 Å². The van der Waals surface area contributed by atoms with Crippen LogP contribution in [-0.4, -0.2) is 22.7 Å². The Bertz CT molecular complexity index is 408. The van der Waals surface area contributed by atoms with Crippen molar-refractivity contribution in [3.8, 4) is 11.5 Å². The minimum absolute atomic E-state index is 0.0962. The normalized spacial score (nSPS) is 11.2. The first-order valence-electron chi connectivity index (χ1n) is 5.60. The lowest BCUT2D eigenvalue weighted by molar-refractivity contribution is 0.0946. The average molecular weight is 237 g/mol. The minimum atomic E-state index is -0.374. The summed E-state index contributed by atoms with van der Waals surface area (Å²) in [6.07, 6.45) is 0.846. The molecule has 0 saturated heterocycles. The first-order chi connectivity index (χ1) is 7.81. The molecule has 0 spiro atoms. The van der Waals surface area contributed by atoms with Crippen molar-refractivity contribution >= 4 is 5.91 Å². The van der Waals surface area contributed by atoms with E-state index in [4.69, 9.17) is 0 Å². The molecule has 1 amide bonds. The number of para-hydroxylation sites is 1. The summed E-state index contributed by atoms with van der Waals surface area (Å²) >= 11 is 0. The zero-order valence-corrected chi connectivity index (χ0v) is 10.4. The standard InChI is InChI=1S/C13H19NO3/c1-13(2,3)7-8-14-12(17)9-5-4-6-10(15)11(9)16/h4-6,15-16H,7-8H2,1-3H3,(H,14,17). The molecule has 4 heteroatoms. The zero-order valence-electron chi connectivity index (χ0n) is 10.4. The number of amides is 1. The molecule has 0 fully saturated rings. The van der Waals surface area contributed by atoms with Crippen molar-refractivity contribution in [1.82, 2.24) is 5.32 Å². The van der Waals surface area contributed by atoms with Gasteiger partial charge in [-0.3, -0.25) is 4.79 Å². The quantitative estimate of drug-likeness (QED) is 0.706. The highest BCUT2D eigenvalue weighted by Gasteiger charge is 2.15. The van der Waals surface area contributed by atoms with E-state index in [1.165, 1.54) is 18.2 Å². The van der Waals surface area contributed by atoms with Gasteiger partial charge in [-0.25, -0.2) is 0 Å². The first-order valence-corrected chi connectivity index (χ1v) is 5.60. The van der Waals surface area contributed by atoms with E-state index < -0.39 is 0 Å². The number of hydrogen-bond donors (Lipinski definition) is 3. The topological polar surface area (TPSA) is 69.6 Å². The summed E-state index contributed by atoms with van der Waals surface area (Å²) in [5, 5.41) is 21.5. The van der Waals surface area contributed by atoms with E-state index in [0.717, 1.165) is 6.42 Å². The maximum absolute atomic E-state index is 11.7. The molecule has 0 radical (unpaired) electrons. The van der Waals surface area contributed by atoms with Crippen molar-refractivity contribution in [2.24, 2.45) is 5.41 Å².